The Morgan fingerprint density at radius 1 is 1.42 bits per heavy atom. The van der Waals surface area contributed by atoms with E-state index < -0.39 is 10.0 Å². The van der Waals surface area contributed by atoms with Gasteiger partial charge in [0.2, 0.25) is 10.0 Å². The molecule has 0 aromatic carbocycles. The Morgan fingerprint density at radius 3 is 2.58 bits per heavy atom. The van der Waals surface area contributed by atoms with Gasteiger partial charge in [0.1, 0.15) is 0 Å². The van der Waals surface area contributed by atoms with E-state index in [4.69, 9.17) is 5.73 Å². The Kier molecular flexibility index (Phi) is 3.09. The van der Waals surface area contributed by atoms with Gasteiger partial charge in [-0.2, -0.15) is 0 Å². The number of nitrogens with one attached hydrogen (secondary N) is 1. The molecule has 0 aromatic rings. The largest absolute Gasteiger partial charge is 0.328 e. The molecule has 2 unspecified atom stereocenters. The molecule has 1 fully saturated rings. The van der Waals surface area contributed by atoms with Gasteiger partial charge in [0.15, 0.2) is 0 Å². The summed E-state index contributed by atoms with van der Waals surface area (Å²) in [4.78, 5) is 0. The Morgan fingerprint density at radius 2 is 2.08 bits per heavy atom. The normalized spacial score (nSPS) is 31.8. The molecule has 1 aliphatic carbocycles. The van der Waals surface area contributed by atoms with E-state index in [2.05, 4.69) is 4.72 Å². The van der Waals surface area contributed by atoms with E-state index >= 15 is 0 Å². The third kappa shape index (κ3) is 3.51. The summed E-state index contributed by atoms with van der Waals surface area (Å²) in [5, 5.41) is 0. The van der Waals surface area contributed by atoms with E-state index in [1.165, 1.54) is 6.26 Å². The van der Waals surface area contributed by atoms with Crippen molar-refractivity contribution >= 4 is 10.0 Å². The van der Waals surface area contributed by atoms with Crippen molar-refractivity contribution in [2.45, 2.75) is 37.8 Å². The summed E-state index contributed by atoms with van der Waals surface area (Å²) in [5.41, 5.74) is 5.71. The third-order valence-electron chi connectivity index (χ3n) is 2.10. The molecule has 2 atom stereocenters. The number of hydrogen-bond acceptors (Lipinski definition) is 3. The first-order chi connectivity index (χ1) is 5.47. The minimum atomic E-state index is -3.05. The van der Waals surface area contributed by atoms with E-state index in [-0.39, 0.29) is 12.1 Å². The Bertz CT molecular complexity index is 238. The van der Waals surface area contributed by atoms with Crippen molar-refractivity contribution in [2.24, 2.45) is 5.73 Å². The zero-order valence-corrected chi connectivity index (χ0v) is 8.10. The van der Waals surface area contributed by atoms with Gasteiger partial charge in [-0.3, -0.25) is 0 Å². The van der Waals surface area contributed by atoms with Crippen LogP contribution < -0.4 is 10.5 Å². The fourth-order valence-corrected chi connectivity index (χ4v) is 2.46. The van der Waals surface area contributed by atoms with Crippen molar-refractivity contribution in [3.63, 3.8) is 0 Å². The molecular formula is C7H16N2O2S. The third-order valence-corrected chi connectivity index (χ3v) is 2.86. The topological polar surface area (TPSA) is 72.2 Å². The van der Waals surface area contributed by atoms with E-state index in [9.17, 15) is 8.42 Å². The van der Waals surface area contributed by atoms with Crippen LogP contribution in [0.4, 0.5) is 0 Å². The maximum Gasteiger partial charge on any atom is 0.208 e. The summed E-state index contributed by atoms with van der Waals surface area (Å²) < 4.78 is 24.3. The minimum absolute atomic E-state index is 0.0590. The van der Waals surface area contributed by atoms with Crippen LogP contribution >= 0.6 is 0 Å². The second kappa shape index (κ2) is 3.72. The Hall–Kier alpha value is -0.130. The summed E-state index contributed by atoms with van der Waals surface area (Å²) in [7, 11) is -3.05. The van der Waals surface area contributed by atoms with Gasteiger partial charge in [0.25, 0.3) is 0 Å². The van der Waals surface area contributed by atoms with Crippen LogP contribution in [0.3, 0.4) is 0 Å². The van der Waals surface area contributed by atoms with Crippen LogP contribution in [0.25, 0.3) is 0 Å². The lowest BCUT2D eigenvalue weighted by Gasteiger charge is -2.26. The lowest BCUT2D eigenvalue weighted by atomic mass is 9.92. The van der Waals surface area contributed by atoms with E-state index in [0.29, 0.717) is 0 Å². The molecule has 0 heterocycles. The molecule has 0 amide bonds. The first-order valence-corrected chi connectivity index (χ1v) is 6.09. The van der Waals surface area contributed by atoms with E-state index in [0.717, 1.165) is 25.7 Å². The average Bonchev–Trinajstić information content (AvgIpc) is 1.82. The predicted octanol–water partition coefficient (Wildman–Crippen LogP) is -0.195. The van der Waals surface area contributed by atoms with Crippen LogP contribution in [-0.2, 0) is 10.0 Å². The monoisotopic (exact) mass is 192 g/mol. The molecule has 72 valence electrons. The highest BCUT2D eigenvalue weighted by Gasteiger charge is 2.21. The Labute approximate surface area is 73.6 Å². The highest BCUT2D eigenvalue weighted by molar-refractivity contribution is 7.88. The summed E-state index contributed by atoms with van der Waals surface area (Å²) >= 11 is 0. The molecular weight excluding hydrogens is 176 g/mol. The quantitative estimate of drug-likeness (QED) is 0.636. The number of nitrogens with two attached hydrogens (primary N) is 1. The van der Waals surface area contributed by atoms with Crippen LogP contribution in [-0.4, -0.2) is 26.8 Å². The molecule has 1 rings (SSSR count). The highest BCUT2D eigenvalue weighted by atomic mass is 32.2. The van der Waals surface area contributed by atoms with Gasteiger partial charge >= 0.3 is 0 Å². The van der Waals surface area contributed by atoms with Gasteiger partial charge in [0.05, 0.1) is 6.26 Å². The summed E-state index contributed by atoms with van der Waals surface area (Å²) in [5.74, 6) is 0. The summed E-state index contributed by atoms with van der Waals surface area (Å²) in [6.45, 7) is 0. The summed E-state index contributed by atoms with van der Waals surface area (Å²) in [6.07, 6.45) is 4.91. The van der Waals surface area contributed by atoms with Crippen molar-refractivity contribution in [1.29, 1.82) is 0 Å². The van der Waals surface area contributed by atoms with Crippen molar-refractivity contribution in [3.05, 3.63) is 0 Å². The van der Waals surface area contributed by atoms with E-state index in [1.807, 2.05) is 0 Å². The number of sulfonamides is 1. The Balaban J connectivity index is 2.43. The van der Waals surface area contributed by atoms with E-state index in [1.54, 1.807) is 0 Å². The van der Waals surface area contributed by atoms with Crippen LogP contribution in [0.2, 0.25) is 0 Å². The second-order valence-corrected chi connectivity index (χ2v) is 5.29. The molecule has 5 heteroatoms. The van der Waals surface area contributed by atoms with Crippen molar-refractivity contribution in [2.75, 3.05) is 6.26 Å². The minimum Gasteiger partial charge on any atom is -0.328 e. The maximum absolute atomic E-state index is 10.9. The fourth-order valence-electron chi connectivity index (χ4n) is 1.64. The van der Waals surface area contributed by atoms with Gasteiger partial charge in [-0.05, 0) is 19.3 Å². The lowest BCUT2D eigenvalue weighted by Crippen LogP contribution is -2.41. The van der Waals surface area contributed by atoms with Crippen molar-refractivity contribution < 1.29 is 8.42 Å². The van der Waals surface area contributed by atoms with Gasteiger partial charge in [0, 0.05) is 12.1 Å². The van der Waals surface area contributed by atoms with Crippen LogP contribution in [0.15, 0.2) is 0 Å². The highest BCUT2D eigenvalue weighted by Crippen LogP contribution is 2.17. The molecule has 4 nitrogen and oxygen atoms in total. The smallest absolute Gasteiger partial charge is 0.208 e. The summed E-state index contributed by atoms with van der Waals surface area (Å²) in [6, 6.07) is 0.224. The molecule has 0 bridgehead atoms. The van der Waals surface area contributed by atoms with Crippen molar-refractivity contribution in [3.8, 4) is 0 Å². The molecule has 0 radical (unpaired) electrons. The zero-order chi connectivity index (χ0) is 9.19. The van der Waals surface area contributed by atoms with Gasteiger partial charge in [-0.1, -0.05) is 6.42 Å². The maximum atomic E-state index is 10.9. The lowest BCUT2D eigenvalue weighted by molar-refractivity contribution is 0.371. The molecule has 1 aliphatic rings. The molecule has 1 saturated carbocycles. The van der Waals surface area contributed by atoms with Gasteiger partial charge in [-0.25, -0.2) is 13.1 Å². The SMILES string of the molecule is CS(=O)(=O)NC1CCCC(N)C1. The second-order valence-electron chi connectivity index (χ2n) is 3.51. The first kappa shape index (κ1) is 9.95. The first-order valence-electron chi connectivity index (χ1n) is 4.20. The van der Waals surface area contributed by atoms with Crippen LogP contribution in [0, 0.1) is 0 Å². The van der Waals surface area contributed by atoms with Crippen LogP contribution in [0.5, 0.6) is 0 Å². The molecule has 0 aliphatic heterocycles. The molecule has 0 saturated heterocycles. The van der Waals surface area contributed by atoms with Crippen LogP contribution in [0.1, 0.15) is 25.7 Å². The predicted molar refractivity (Wildman–Crippen MR) is 48.2 cm³/mol. The molecule has 3 N–H and O–H groups in total. The fraction of sp³-hybridized carbons (Fsp3) is 1.00. The zero-order valence-electron chi connectivity index (χ0n) is 7.29. The molecule has 12 heavy (non-hydrogen) atoms. The molecule has 0 aromatic heterocycles. The number of rotatable bonds is 2. The standard InChI is InChI=1S/C7H16N2O2S/c1-12(10,11)9-7-4-2-3-6(8)5-7/h6-7,9H,2-5,8H2,1H3. The van der Waals surface area contributed by atoms with Gasteiger partial charge in [-0.15, -0.1) is 0 Å². The number of hydrogen-bond donors (Lipinski definition) is 2. The van der Waals surface area contributed by atoms with Gasteiger partial charge < -0.3 is 5.73 Å². The molecule has 0 spiro atoms. The van der Waals surface area contributed by atoms with Crippen molar-refractivity contribution in [1.82, 2.24) is 4.72 Å². The average molecular weight is 192 g/mol.